The van der Waals surface area contributed by atoms with Crippen LogP contribution in [0.15, 0.2) is 24.3 Å². The molecule has 1 aromatic carbocycles. The van der Waals surface area contributed by atoms with Crippen molar-refractivity contribution >= 4 is 0 Å². The zero-order valence-electron chi connectivity index (χ0n) is 11.0. The molecule has 0 unspecified atom stereocenters. The quantitative estimate of drug-likeness (QED) is 0.686. The third-order valence-corrected chi connectivity index (χ3v) is 2.02. The molecule has 0 aliphatic carbocycles. The van der Waals surface area contributed by atoms with Gasteiger partial charge in [0.2, 0.25) is 0 Å². The minimum atomic E-state index is 0.615. The van der Waals surface area contributed by atoms with Gasteiger partial charge < -0.3 is 9.47 Å². The van der Waals surface area contributed by atoms with Crippen molar-refractivity contribution < 1.29 is 9.47 Å². The monoisotopic (exact) mass is 224 g/mol. The van der Waals surface area contributed by atoms with E-state index >= 15 is 0 Å². The van der Waals surface area contributed by atoms with Gasteiger partial charge in [-0.25, -0.2) is 0 Å². The summed E-state index contributed by atoms with van der Waals surface area (Å²) >= 11 is 0. The molecule has 1 rings (SSSR count). The van der Waals surface area contributed by atoms with Crippen molar-refractivity contribution in [1.29, 1.82) is 0 Å². The molecule has 0 amide bonds. The predicted octanol–water partition coefficient (Wildman–Crippen LogP) is 3.69. The van der Waals surface area contributed by atoms with E-state index in [-0.39, 0.29) is 0 Å². The van der Waals surface area contributed by atoms with E-state index in [4.69, 9.17) is 9.47 Å². The molecule has 0 radical (unpaired) electrons. The van der Waals surface area contributed by atoms with Crippen LogP contribution in [0.2, 0.25) is 0 Å². The third-order valence-electron chi connectivity index (χ3n) is 2.02. The van der Waals surface area contributed by atoms with E-state index in [1.807, 2.05) is 26.0 Å². The fourth-order valence-electron chi connectivity index (χ4n) is 1.28. The fourth-order valence-corrected chi connectivity index (χ4v) is 1.28. The number of ether oxygens (including phenoxy) is 2. The van der Waals surface area contributed by atoms with Crippen LogP contribution in [-0.2, 0) is 11.2 Å². The number of benzene rings is 1. The average molecular weight is 224 g/mol. The molecule has 2 heteroatoms. The first kappa shape index (κ1) is 15.0. The molecule has 0 aliphatic rings. The summed E-state index contributed by atoms with van der Waals surface area (Å²) in [5.74, 6) is 0.918. The second kappa shape index (κ2) is 10.5. The average Bonchev–Trinajstić information content (AvgIpc) is 2.35. The van der Waals surface area contributed by atoms with Crippen LogP contribution in [0.4, 0.5) is 0 Å². The zero-order chi connectivity index (χ0) is 12.2. The van der Waals surface area contributed by atoms with Crippen molar-refractivity contribution in [2.75, 3.05) is 20.3 Å². The molecule has 0 atom stereocenters. The predicted molar refractivity (Wildman–Crippen MR) is 69.2 cm³/mol. The van der Waals surface area contributed by atoms with Gasteiger partial charge in [-0.15, -0.1) is 0 Å². The normalized spacial score (nSPS) is 9.25. The van der Waals surface area contributed by atoms with Gasteiger partial charge >= 0.3 is 0 Å². The fraction of sp³-hybridized carbons (Fsp3) is 0.571. The van der Waals surface area contributed by atoms with E-state index in [1.165, 1.54) is 12.0 Å². The molecular formula is C14H24O2. The third kappa shape index (κ3) is 6.46. The highest BCUT2D eigenvalue weighted by molar-refractivity contribution is 5.27. The van der Waals surface area contributed by atoms with E-state index in [9.17, 15) is 0 Å². The summed E-state index contributed by atoms with van der Waals surface area (Å²) in [6.07, 6.45) is 2.32. The SMILES string of the molecule is CC.CCCc1ccc(OCCOC)cc1. The van der Waals surface area contributed by atoms with E-state index in [0.717, 1.165) is 12.2 Å². The standard InChI is InChI=1S/C12H18O2.C2H6/c1-3-4-11-5-7-12(8-6-11)14-10-9-13-2;1-2/h5-8H,3-4,9-10H2,1-2H3;1-2H3. The summed E-state index contributed by atoms with van der Waals surface area (Å²) in [4.78, 5) is 0. The number of hydrogen-bond acceptors (Lipinski definition) is 2. The highest BCUT2D eigenvalue weighted by atomic mass is 16.5. The molecule has 0 aromatic heterocycles. The van der Waals surface area contributed by atoms with Gasteiger partial charge in [0.25, 0.3) is 0 Å². The van der Waals surface area contributed by atoms with Crippen LogP contribution >= 0.6 is 0 Å². The highest BCUT2D eigenvalue weighted by Crippen LogP contribution is 2.12. The van der Waals surface area contributed by atoms with Crippen molar-refractivity contribution in [3.8, 4) is 5.75 Å². The Morgan fingerprint density at radius 1 is 1.00 bits per heavy atom. The first-order valence-corrected chi connectivity index (χ1v) is 6.07. The van der Waals surface area contributed by atoms with Gasteiger partial charge in [0.05, 0.1) is 6.61 Å². The Hall–Kier alpha value is -1.02. The molecule has 0 saturated heterocycles. The maximum absolute atomic E-state index is 5.45. The molecule has 0 N–H and O–H groups in total. The van der Waals surface area contributed by atoms with Crippen molar-refractivity contribution in [2.45, 2.75) is 33.6 Å². The Morgan fingerprint density at radius 3 is 2.12 bits per heavy atom. The zero-order valence-corrected chi connectivity index (χ0v) is 11.0. The van der Waals surface area contributed by atoms with Gasteiger partial charge in [0, 0.05) is 7.11 Å². The lowest BCUT2D eigenvalue weighted by atomic mass is 10.1. The first-order valence-electron chi connectivity index (χ1n) is 6.07. The summed E-state index contributed by atoms with van der Waals surface area (Å²) in [5.41, 5.74) is 1.37. The summed E-state index contributed by atoms with van der Waals surface area (Å²) < 4.78 is 10.4. The lowest BCUT2D eigenvalue weighted by Crippen LogP contribution is -2.04. The Balaban J connectivity index is 0.00000106. The van der Waals surface area contributed by atoms with E-state index in [2.05, 4.69) is 19.1 Å². The van der Waals surface area contributed by atoms with Gasteiger partial charge in [-0.1, -0.05) is 39.3 Å². The highest BCUT2D eigenvalue weighted by Gasteiger charge is 1.94. The summed E-state index contributed by atoms with van der Waals surface area (Å²) in [7, 11) is 1.67. The van der Waals surface area contributed by atoms with Crippen LogP contribution in [0.3, 0.4) is 0 Å². The van der Waals surface area contributed by atoms with Crippen molar-refractivity contribution in [3.63, 3.8) is 0 Å². The van der Waals surface area contributed by atoms with Crippen molar-refractivity contribution in [3.05, 3.63) is 29.8 Å². The molecule has 92 valence electrons. The van der Waals surface area contributed by atoms with Gasteiger partial charge in [-0.05, 0) is 24.1 Å². The van der Waals surface area contributed by atoms with Crippen LogP contribution in [0.5, 0.6) is 5.75 Å². The largest absolute Gasteiger partial charge is 0.491 e. The number of rotatable bonds is 6. The Labute approximate surface area is 99.6 Å². The minimum Gasteiger partial charge on any atom is -0.491 e. The van der Waals surface area contributed by atoms with Crippen LogP contribution in [-0.4, -0.2) is 20.3 Å². The van der Waals surface area contributed by atoms with Crippen LogP contribution in [0.25, 0.3) is 0 Å². The second-order valence-electron chi connectivity index (χ2n) is 3.24. The minimum absolute atomic E-state index is 0.615. The lowest BCUT2D eigenvalue weighted by molar-refractivity contribution is 0.146. The van der Waals surface area contributed by atoms with E-state index < -0.39 is 0 Å². The first-order chi connectivity index (χ1) is 7.86. The maximum Gasteiger partial charge on any atom is 0.119 e. The summed E-state index contributed by atoms with van der Waals surface area (Å²) in [6.45, 7) is 7.43. The van der Waals surface area contributed by atoms with Crippen LogP contribution in [0.1, 0.15) is 32.8 Å². The van der Waals surface area contributed by atoms with Gasteiger partial charge in [0.15, 0.2) is 0 Å². The molecule has 0 heterocycles. The number of aryl methyl sites for hydroxylation is 1. The number of methoxy groups -OCH3 is 1. The molecule has 0 fully saturated rings. The second-order valence-corrected chi connectivity index (χ2v) is 3.24. The molecule has 0 spiro atoms. The molecule has 1 aromatic rings. The van der Waals surface area contributed by atoms with Crippen molar-refractivity contribution in [2.24, 2.45) is 0 Å². The smallest absolute Gasteiger partial charge is 0.119 e. The maximum atomic E-state index is 5.45. The van der Waals surface area contributed by atoms with Crippen molar-refractivity contribution in [1.82, 2.24) is 0 Å². The molecular weight excluding hydrogens is 200 g/mol. The molecule has 16 heavy (non-hydrogen) atoms. The van der Waals surface area contributed by atoms with E-state index in [0.29, 0.717) is 13.2 Å². The van der Waals surface area contributed by atoms with Crippen LogP contribution in [0, 0.1) is 0 Å². The summed E-state index contributed by atoms with van der Waals surface area (Å²) in [5, 5.41) is 0. The van der Waals surface area contributed by atoms with Gasteiger partial charge in [-0.2, -0.15) is 0 Å². The Bertz CT molecular complexity index is 241. The molecule has 2 nitrogen and oxygen atoms in total. The molecule has 0 bridgehead atoms. The summed E-state index contributed by atoms with van der Waals surface area (Å²) in [6, 6.07) is 8.26. The molecule has 0 aliphatic heterocycles. The van der Waals surface area contributed by atoms with Crippen LogP contribution < -0.4 is 4.74 Å². The lowest BCUT2D eigenvalue weighted by Gasteiger charge is -2.05. The Kier molecular flexibility index (Phi) is 9.83. The van der Waals surface area contributed by atoms with E-state index in [1.54, 1.807) is 7.11 Å². The Morgan fingerprint density at radius 2 is 1.62 bits per heavy atom. The number of hydrogen-bond donors (Lipinski definition) is 0. The topological polar surface area (TPSA) is 18.5 Å². The van der Waals surface area contributed by atoms with Gasteiger partial charge in [-0.3, -0.25) is 0 Å². The van der Waals surface area contributed by atoms with Gasteiger partial charge in [0.1, 0.15) is 12.4 Å². The molecule has 0 saturated carbocycles.